The molecular weight excluding hydrogens is 352 g/mol. The van der Waals surface area contributed by atoms with Gasteiger partial charge in [0.25, 0.3) is 0 Å². The zero-order chi connectivity index (χ0) is 19.8. The lowest BCUT2D eigenvalue weighted by molar-refractivity contribution is 0.110. The van der Waals surface area contributed by atoms with E-state index in [0.29, 0.717) is 0 Å². The molecule has 2 atom stereocenters. The second kappa shape index (κ2) is 10.3. The molecule has 0 bridgehead atoms. The van der Waals surface area contributed by atoms with Crippen LogP contribution in [0.25, 0.3) is 0 Å². The van der Waals surface area contributed by atoms with Crippen molar-refractivity contribution in [2.45, 2.75) is 48.5 Å². The highest BCUT2D eigenvalue weighted by atomic mass is 32.2. The van der Waals surface area contributed by atoms with Gasteiger partial charge >= 0.3 is 0 Å². The third-order valence-electron chi connectivity index (χ3n) is 4.06. The van der Waals surface area contributed by atoms with Gasteiger partial charge in [0.15, 0.2) is 14.7 Å². The van der Waals surface area contributed by atoms with Gasteiger partial charge in [0.1, 0.15) is 0 Å². The topological polar surface area (TPSA) is 40.5 Å². The standard InChI is InChI=1S/C21H21S.C3H8O2/c1-16-10-13-20(14-11-16)22(19-7-5-4-6-8-19)21-15-17(2)9-12-18(21)3;1-3(5)2-4/h4-15H,1-3H3;3-5H,2H2,1H3/q+1;/t;3-/m.0/s1. The lowest BCUT2D eigenvalue weighted by Crippen LogP contribution is -2.07. The summed E-state index contributed by atoms with van der Waals surface area (Å²) in [5.74, 6) is 0. The Morgan fingerprint density at radius 2 is 1.30 bits per heavy atom. The molecular formula is C24H29O2S+. The minimum Gasteiger partial charge on any atom is -0.394 e. The van der Waals surface area contributed by atoms with Gasteiger partial charge in [0.05, 0.1) is 23.6 Å². The first kappa shape index (κ1) is 21.2. The highest BCUT2D eigenvalue weighted by Gasteiger charge is 2.30. The van der Waals surface area contributed by atoms with Gasteiger partial charge in [-0.3, -0.25) is 0 Å². The van der Waals surface area contributed by atoms with Gasteiger partial charge < -0.3 is 10.2 Å². The maximum absolute atomic E-state index is 8.11. The Kier molecular flexibility index (Phi) is 8.11. The van der Waals surface area contributed by atoms with Gasteiger partial charge in [-0.1, -0.05) is 48.0 Å². The smallest absolute Gasteiger partial charge is 0.169 e. The van der Waals surface area contributed by atoms with Crippen molar-refractivity contribution in [3.05, 3.63) is 89.5 Å². The van der Waals surface area contributed by atoms with Crippen molar-refractivity contribution in [1.29, 1.82) is 0 Å². The van der Waals surface area contributed by atoms with E-state index in [0.717, 1.165) is 0 Å². The maximum Gasteiger partial charge on any atom is 0.169 e. The molecule has 3 aromatic rings. The first-order chi connectivity index (χ1) is 12.9. The lowest BCUT2D eigenvalue weighted by Gasteiger charge is -2.11. The molecule has 0 amide bonds. The third kappa shape index (κ3) is 6.24. The molecule has 1 unspecified atom stereocenters. The van der Waals surface area contributed by atoms with Gasteiger partial charge in [-0.2, -0.15) is 0 Å². The summed E-state index contributed by atoms with van der Waals surface area (Å²) in [5.41, 5.74) is 3.99. The molecule has 0 aliphatic rings. The van der Waals surface area contributed by atoms with Crippen molar-refractivity contribution in [3.63, 3.8) is 0 Å². The molecule has 0 aromatic heterocycles. The van der Waals surface area contributed by atoms with Crippen LogP contribution in [0.1, 0.15) is 23.6 Å². The normalized spacial score (nSPS) is 12.7. The Morgan fingerprint density at radius 1 is 0.778 bits per heavy atom. The van der Waals surface area contributed by atoms with Crippen LogP contribution in [0.4, 0.5) is 0 Å². The van der Waals surface area contributed by atoms with Gasteiger partial charge in [-0.05, 0) is 63.6 Å². The summed E-state index contributed by atoms with van der Waals surface area (Å²) in [6.45, 7) is 7.92. The van der Waals surface area contributed by atoms with Gasteiger partial charge in [-0.15, -0.1) is 0 Å². The van der Waals surface area contributed by atoms with Crippen LogP contribution in [0.15, 0.2) is 87.5 Å². The van der Waals surface area contributed by atoms with Crippen LogP contribution in [0.2, 0.25) is 0 Å². The maximum atomic E-state index is 8.11. The number of aliphatic hydroxyl groups excluding tert-OH is 2. The molecule has 0 spiro atoms. The monoisotopic (exact) mass is 381 g/mol. The number of hydrogen-bond donors (Lipinski definition) is 2. The van der Waals surface area contributed by atoms with Gasteiger partial charge in [0.2, 0.25) is 0 Å². The van der Waals surface area contributed by atoms with Gasteiger partial charge in [0, 0.05) is 5.56 Å². The first-order valence-corrected chi connectivity index (χ1v) is 10.4. The molecule has 27 heavy (non-hydrogen) atoms. The molecule has 0 radical (unpaired) electrons. The van der Waals surface area contributed by atoms with E-state index in [-0.39, 0.29) is 17.5 Å². The molecule has 0 saturated carbocycles. The Morgan fingerprint density at radius 3 is 1.85 bits per heavy atom. The Labute approximate surface area is 165 Å². The van der Waals surface area contributed by atoms with Crippen molar-refractivity contribution in [2.75, 3.05) is 6.61 Å². The van der Waals surface area contributed by atoms with Crippen LogP contribution in [-0.4, -0.2) is 22.9 Å². The Balaban J connectivity index is 0.000000465. The van der Waals surface area contributed by atoms with Crippen molar-refractivity contribution < 1.29 is 10.2 Å². The molecule has 0 aliphatic heterocycles. The molecule has 3 aromatic carbocycles. The highest BCUT2D eigenvalue weighted by molar-refractivity contribution is 7.97. The molecule has 142 valence electrons. The van der Waals surface area contributed by atoms with E-state index in [1.807, 2.05) is 0 Å². The minimum atomic E-state index is -0.560. The summed E-state index contributed by atoms with van der Waals surface area (Å²) in [5, 5.41) is 16.0. The summed E-state index contributed by atoms with van der Waals surface area (Å²) in [6, 6.07) is 26.6. The van der Waals surface area contributed by atoms with Gasteiger partial charge in [-0.25, -0.2) is 0 Å². The van der Waals surface area contributed by atoms with Crippen LogP contribution in [0, 0.1) is 20.8 Å². The molecule has 3 heteroatoms. The number of benzene rings is 3. The van der Waals surface area contributed by atoms with Crippen LogP contribution in [-0.2, 0) is 10.9 Å². The molecule has 0 fully saturated rings. The predicted octanol–water partition coefficient (Wildman–Crippen LogP) is 5.07. The average molecular weight is 382 g/mol. The van der Waals surface area contributed by atoms with Crippen LogP contribution < -0.4 is 0 Å². The molecule has 2 N–H and O–H groups in total. The Hall–Kier alpha value is -2.07. The second-order valence-corrected chi connectivity index (χ2v) is 8.73. The summed E-state index contributed by atoms with van der Waals surface area (Å²) in [7, 11) is -0.0448. The number of hydrogen-bond acceptors (Lipinski definition) is 2. The zero-order valence-corrected chi connectivity index (χ0v) is 17.3. The SMILES string of the molecule is C[C@H](O)CO.Cc1ccc([S+](c2ccccc2)c2cc(C)ccc2C)cc1. The fourth-order valence-electron chi connectivity index (χ4n) is 2.55. The number of rotatable bonds is 4. The second-order valence-electron chi connectivity index (χ2n) is 6.73. The van der Waals surface area contributed by atoms with E-state index in [1.54, 1.807) is 0 Å². The summed E-state index contributed by atoms with van der Waals surface area (Å²) < 4.78 is 0. The van der Waals surface area contributed by atoms with E-state index in [2.05, 4.69) is 93.6 Å². The van der Waals surface area contributed by atoms with E-state index >= 15 is 0 Å². The van der Waals surface area contributed by atoms with Crippen molar-refractivity contribution >= 4 is 10.9 Å². The fourth-order valence-corrected chi connectivity index (χ4v) is 4.86. The quantitative estimate of drug-likeness (QED) is 0.620. The predicted molar refractivity (Wildman–Crippen MR) is 114 cm³/mol. The minimum absolute atomic E-state index is 0.0448. The Bertz CT molecular complexity index is 827. The summed E-state index contributed by atoms with van der Waals surface area (Å²) in [6.07, 6.45) is -0.560. The summed E-state index contributed by atoms with van der Waals surface area (Å²) >= 11 is 0. The lowest BCUT2D eigenvalue weighted by atomic mass is 10.2. The highest BCUT2D eigenvalue weighted by Crippen LogP contribution is 2.33. The van der Waals surface area contributed by atoms with Crippen LogP contribution >= 0.6 is 0 Å². The number of aryl methyl sites for hydroxylation is 3. The van der Waals surface area contributed by atoms with E-state index in [1.165, 1.54) is 38.3 Å². The van der Waals surface area contributed by atoms with Crippen molar-refractivity contribution in [2.24, 2.45) is 0 Å². The first-order valence-electron chi connectivity index (χ1n) is 9.14. The molecule has 0 heterocycles. The molecule has 3 rings (SSSR count). The van der Waals surface area contributed by atoms with E-state index < -0.39 is 6.10 Å². The number of aliphatic hydroxyl groups is 2. The van der Waals surface area contributed by atoms with Crippen molar-refractivity contribution in [1.82, 2.24) is 0 Å². The summed E-state index contributed by atoms with van der Waals surface area (Å²) in [4.78, 5) is 4.18. The molecule has 0 aliphatic carbocycles. The average Bonchev–Trinajstić information content (AvgIpc) is 2.67. The third-order valence-corrected chi connectivity index (χ3v) is 6.43. The van der Waals surface area contributed by atoms with Crippen molar-refractivity contribution in [3.8, 4) is 0 Å². The largest absolute Gasteiger partial charge is 0.394 e. The molecule has 0 saturated heterocycles. The van der Waals surface area contributed by atoms with E-state index in [4.69, 9.17) is 10.2 Å². The van der Waals surface area contributed by atoms with Crippen LogP contribution in [0.3, 0.4) is 0 Å². The molecule has 2 nitrogen and oxygen atoms in total. The zero-order valence-electron chi connectivity index (χ0n) is 16.5. The van der Waals surface area contributed by atoms with Crippen LogP contribution in [0.5, 0.6) is 0 Å². The van der Waals surface area contributed by atoms with E-state index in [9.17, 15) is 0 Å². The fraction of sp³-hybridized carbons (Fsp3) is 0.250.